The van der Waals surface area contributed by atoms with Crippen LogP contribution >= 0.6 is 11.3 Å². The maximum absolute atomic E-state index is 12.6. The lowest BCUT2D eigenvalue weighted by Gasteiger charge is -2.32. The molecule has 0 aliphatic carbocycles. The predicted molar refractivity (Wildman–Crippen MR) is 91.3 cm³/mol. The second-order valence-electron chi connectivity index (χ2n) is 5.94. The van der Waals surface area contributed by atoms with E-state index in [1.165, 1.54) is 17.7 Å². The molecule has 0 bridgehead atoms. The van der Waals surface area contributed by atoms with Gasteiger partial charge in [-0.1, -0.05) is 6.07 Å². The number of carbonyl (C=O) groups is 1. The van der Waals surface area contributed by atoms with Gasteiger partial charge in [0.05, 0.1) is 11.1 Å². The number of carbonyl (C=O) groups excluding carboxylic acids is 1. The Morgan fingerprint density at radius 2 is 2.12 bits per heavy atom. The summed E-state index contributed by atoms with van der Waals surface area (Å²) >= 11 is 1.46. The van der Waals surface area contributed by atoms with Crippen LogP contribution in [-0.2, 0) is 7.05 Å². The Morgan fingerprint density at radius 3 is 2.83 bits per heavy atom. The summed E-state index contributed by atoms with van der Waals surface area (Å²) < 4.78 is 3.34. The lowest BCUT2D eigenvalue weighted by molar-refractivity contribution is 0.0699. The van der Waals surface area contributed by atoms with E-state index in [0.717, 1.165) is 23.2 Å². The maximum atomic E-state index is 12.6. The van der Waals surface area contributed by atoms with E-state index < -0.39 is 0 Å². The number of likely N-dealkylation sites (tertiary alicyclic amines) is 1. The molecule has 0 atom stereocenters. The summed E-state index contributed by atoms with van der Waals surface area (Å²) in [6, 6.07) is 3.80. The first-order valence-electron chi connectivity index (χ1n) is 7.86. The SMILES string of the molecule is Cn1c(=O)n(C2CCN(C(=O)c3cccs3)CC2)c2ncncc21. The Kier molecular flexibility index (Phi) is 3.68. The van der Waals surface area contributed by atoms with Gasteiger partial charge in [-0.2, -0.15) is 0 Å². The molecule has 1 aliphatic rings. The Hall–Kier alpha value is -2.48. The molecule has 0 N–H and O–H groups in total. The number of aromatic nitrogens is 4. The minimum atomic E-state index is -0.0754. The zero-order valence-corrected chi connectivity index (χ0v) is 14.1. The molecule has 3 aromatic rings. The third kappa shape index (κ3) is 2.34. The number of nitrogens with zero attached hydrogens (tertiary/aromatic N) is 5. The lowest BCUT2D eigenvalue weighted by Crippen LogP contribution is -2.40. The van der Waals surface area contributed by atoms with Crippen LogP contribution < -0.4 is 5.69 Å². The highest BCUT2D eigenvalue weighted by Crippen LogP contribution is 2.25. The molecule has 0 radical (unpaired) electrons. The van der Waals surface area contributed by atoms with Crippen LogP contribution in [0.25, 0.3) is 11.2 Å². The Labute approximate surface area is 142 Å². The largest absolute Gasteiger partial charge is 0.338 e. The number of amides is 1. The standard InChI is InChI=1S/C16H17N5O2S/c1-19-12-9-17-10-18-14(12)21(16(19)23)11-4-6-20(7-5-11)15(22)13-3-2-8-24-13/h2-3,8-11H,4-7H2,1H3. The fourth-order valence-electron chi connectivity index (χ4n) is 3.31. The fourth-order valence-corrected chi connectivity index (χ4v) is 4.00. The van der Waals surface area contributed by atoms with E-state index in [9.17, 15) is 9.59 Å². The van der Waals surface area contributed by atoms with Gasteiger partial charge < -0.3 is 4.90 Å². The molecule has 4 rings (SSSR count). The highest BCUT2D eigenvalue weighted by Gasteiger charge is 2.28. The monoisotopic (exact) mass is 343 g/mol. The van der Waals surface area contributed by atoms with Crippen LogP contribution in [0, 0.1) is 0 Å². The first-order valence-corrected chi connectivity index (χ1v) is 8.74. The second-order valence-corrected chi connectivity index (χ2v) is 6.89. The molecule has 7 nitrogen and oxygen atoms in total. The van der Waals surface area contributed by atoms with Gasteiger partial charge in [-0.3, -0.25) is 13.9 Å². The molecule has 24 heavy (non-hydrogen) atoms. The van der Waals surface area contributed by atoms with Crippen LogP contribution in [-0.4, -0.2) is 43.0 Å². The van der Waals surface area contributed by atoms with Crippen molar-refractivity contribution >= 4 is 28.4 Å². The smallest absolute Gasteiger partial charge is 0.330 e. The fraction of sp³-hybridized carbons (Fsp3) is 0.375. The van der Waals surface area contributed by atoms with Gasteiger partial charge in [0.1, 0.15) is 11.8 Å². The number of piperidine rings is 1. The number of imidazole rings is 1. The quantitative estimate of drug-likeness (QED) is 0.709. The molecule has 0 aromatic carbocycles. The van der Waals surface area contributed by atoms with Crippen molar-refractivity contribution in [3.8, 4) is 0 Å². The Bertz CT molecular complexity index is 935. The van der Waals surface area contributed by atoms with Gasteiger partial charge in [0, 0.05) is 26.2 Å². The van der Waals surface area contributed by atoms with Crippen molar-refractivity contribution in [2.45, 2.75) is 18.9 Å². The number of rotatable bonds is 2. The van der Waals surface area contributed by atoms with Gasteiger partial charge in [-0.05, 0) is 24.3 Å². The highest BCUT2D eigenvalue weighted by molar-refractivity contribution is 7.12. The summed E-state index contributed by atoms with van der Waals surface area (Å²) in [5.74, 6) is 0.0797. The van der Waals surface area contributed by atoms with E-state index in [1.54, 1.807) is 22.4 Å². The molecular formula is C16H17N5O2S. The summed E-state index contributed by atoms with van der Waals surface area (Å²) in [7, 11) is 1.74. The Balaban J connectivity index is 1.58. The van der Waals surface area contributed by atoms with Gasteiger partial charge in [0.15, 0.2) is 5.65 Å². The van der Waals surface area contributed by atoms with E-state index in [4.69, 9.17) is 0 Å². The van der Waals surface area contributed by atoms with Gasteiger partial charge in [-0.25, -0.2) is 14.8 Å². The van der Waals surface area contributed by atoms with Gasteiger partial charge in [-0.15, -0.1) is 11.3 Å². The van der Waals surface area contributed by atoms with Crippen LogP contribution in [0.15, 0.2) is 34.8 Å². The van der Waals surface area contributed by atoms with Crippen LogP contribution in [0.1, 0.15) is 28.6 Å². The topological polar surface area (TPSA) is 73.0 Å². The maximum Gasteiger partial charge on any atom is 0.330 e. The summed E-state index contributed by atoms with van der Waals surface area (Å²) in [5.41, 5.74) is 1.33. The summed E-state index contributed by atoms with van der Waals surface area (Å²) in [6.07, 6.45) is 4.63. The summed E-state index contributed by atoms with van der Waals surface area (Å²) in [6.45, 7) is 1.30. The van der Waals surface area contributed by atoms with E-state index in [2.05, 4.69) is 9.97 Å². The molecule has 1 aliphatic heterocycles. The molecule has 3 aromatic heterocycles. The molecule has 1 amide bonds. The van der Waals surface area contributed by atoms with Crippen LogP contribution in [0.4, 0.5) is 0 Å². The van der Waals surface area contributed by atoms with Crippen molar-refractivity contribution < 1.29 is 4.79 Å². The zero-order chi connectivity index (χ0) is 16.7. The van der Waals surface area contributed by atoms with Crippen molar-refractivity contribution in [1.82, 2.24) is 24.0 Å². The molecule has 0 spiro atoms. The van der Waals surface area contributed by atoms with Crippen LogP contribution in [0.5, 0.6) is 0 Å². The first-order chi connectivity index (χ1) is 11.7. The number of hydrogen-bond donors (Lipinski definition) is 0. The predicted octanol–water partition coefficient (Wildman–Crippen LogP) is 1.67. The Morgan fingerprint density at radius 1 is 1.33 bits per heavy atom. The normalized spacial score (nSPS) is 16.0. The molecule has 1 saturated heterocycles. The average molecular weight is 343 g/mol. The summed E-state index contributed by atoms with van der Waals surface area (Å²) in [4.78, 5) is 35.9. The van der Waals surface area contributed by atoms with Crippen LogP contribution in [0.3, 0.4) is 0 Å². The second kappa shape index (κ2) is 5.86. The van der Waals surface area contributed by atoms with Crippen molar-refractivity contribution in [3.63, 3.8) is 0 Å². The third-order valence-electron chi connectivity index (χ3n) is 4.60. The van der Waals surface area contributed by atoms with Gasteiger partial charge in [0.25, 0.3) is 5.91 Å². The van der Waals surface area contributed by atoms with Crippen molar-refractivity contribution in [1.29, 1.82) is 0 Å². The van der Waals surface area contributed by atoms with E-state index in [-0.39, 0.29) is 17.6 Å². The van der Waals surface area contributed by atoms with Gasteiger partial charge in [0.2, 0.25) is 0 Å². The number of aryl methyl sites for hydroxylation is 1. The highest BCUT2D eigenvalue weighted by atomic mass is 32.1. The molecular weight excluding hydrogens is 326 g/mol. The van der Waals surface area contributed by atoms with Crippen molar-refractivity contribution in [2.75, 3.05) is 13.1 Å². The third-order valence-corrected chi connectivity index (χ3v) is 5.46. The molecule has 1 fully saturated rings. The van der Waals surface area contributed by atoms with E-state index in [0.29, 0.717) is 18.7 Å². The van der Waals surface area contributed by atoms with Crippen LogP contribution in [0.2, 0.25) is 0 Å². The molecule has 8 heteroatoms. The number of thiophene rings is 1. The van der Waals surface area contributed by atoms with Crippen molar-refractivity contribution in [2.24, 2.45) is 7.05 Å². The molecule has 0 unspecified atom stereocenters. The first kappa shape index (κ1) is 15.1. The molecule has 0 saturated carbocycles. The number of fused-ring (bicyclic) bond motifs is 1. The van der Waals surface area contributed by atoms with E-state index in [1.807, 2.05) is 22.4 Å². The molecule has 4 heterocycles. The average Bonchev–Trinajstić information content (AvgIpc) is 3.23. The van der Waals surface area contributed by atoms with Gasteiger partial charge >= 0.3 is 5.69 Å². The van der Waals surface area contributed by atoms with E-state index >= 15 is 0 Å². The minimum Gasteiger partial charge on any atom is -0.338 e. The summed E-state index contributed by atoms with van der Waals surface area (Å²) in [5, 5.41) is 1.91. The number of hydrogen-bond acceptors (Lipinski definition) is 5. The minimum absolute atomic E-state index is 0.0588. The lowest BCUT2D eigenvalue weighted by atomic mass is 10.0. The molecule has 124 valence electrons. The zero-order valence-electron chi connectivity index (χ0n) is 13.3. The van der Waals surface area contributed by atoms with Crippen molar-refractivity contribution in [3.05, 3.63) is 45.4 Å².